The smallest absolute Gasteiger partial charge is 0.291 e. The van der Waals surface area contributed by atoms with E-state index in [2.05, 4.69) is 23.6 Å². The van der Waals surface area contributed by atoms with E-state index >= 15 is 0 Å². The molecule has 3 heterocycles. The Morgan fingerprint density at radius 3 is 2.29 bits per heavy atom. The van der Waals surface area contributed by atoms with Crippen molar-refractivity contribution in [3.05, 3.63) is 118 Å². The molecular formula is C32H27N5O3S. The topological polar surface area (TPSA) is 83.5 Å². The van der Waals surface area contributed by atoms with E-state index in [0.717, 1.165) is 46.0 Å². The highest BCUT2D eigenvalue weighted by molar-refractivity contribution is 7.15. The molecule has 0 radical (unpaired) electrons. The van der Waals surface area contributed by atoms with Crippen molar-refractivity contribution in [1.82, 2.24) is 24.4 Å². The van der Waals surface area contributed by atoms with Crippen molar-refractivity contribution in [2.24, 2.45) is 0 Å². The molecule has 0 bridgehead atoms. The first-order valence-electron chi connectivity index (χ1n) is 13.3. The van der Waals surface area contributed by atoms with Crippen molar-refractivity contribution in [3.63, 3.8) is 0 Å². The molecule has 6 rings (SSSR count). The monoisotopic (exact) mass is 561 g/mol. The molecule has 3 aromatic carbocycles. The van der Waals surface area contributed by atoms with Crippen LogP contribution in [0.4, 0.5) is 0 Å². The minimum atomic E-state index is -0.224. The molecule has 0 spiro atoms. The molecule has 204 valence electrons. The van der Waals surface area contributed by atoms with Crippen LogP contribution >= 0.6 is 11.3 Å². The number of ether oxygens (including phenoxy) is 2. The van der Waals surface area contributed by atoms with Gasteiger partial charge < -0.3 is 9.47 Å². The second-order valence-electron chi connectivity index (χ2n) is 9.26. The molecular weight excluding hydrogens is 534 g/mol. The Hall–Kier alpha value is -5.02. The third-order valence-corrected chi connectivity index (χ3v) is 7.27. The molecule has 3 aromatic heterocycles. The first-order valence-corrected chi connectivity index (χ1v) is 14.1. The lowest BCUT2D eigenvalue weighted by Gasteiger charge is -2.04. The van der Waals surface area contributed by atoms with Gasteiger partial charge in [0, 0.05) is 22.9 Å². The van der Waals surface area contributed by atoms with Gasteiger partial charge in [0.1, 0.15) is 23.8 Å². The zero-order valence-electron chi connectivity index (χ0n) is 22.4. The number of thiazole rings is 1. The van der Waals surface area contributed by atoms with Crippen molar-refractivity contribution < 1.29 is 9.47 Å². The Balaban J connectivity index is 1.37. The van der Waals surface area contributed by atoms with Crippen LogP contribution in [0.5, 0.6) is 11.5 Å². The second kappa shape index (κ2) is 11.6. The van der Waals surface area contributed by atoms with E-state index in [9.17, 15) is 4.79 Å². The Labute approximate surface area is 240 Å². The van der Waals surface area contributed by atoms with Crippen LogP contribution in [-0.4, -0.2) is 37.6 Å². The molecule has 9 heteroatoms. The lowest BCUT2D eigenvalue weighted by Crippen LogP contribution is -2.23. The van der Waals surface area contributed by atoms with E-state index < -0.39 is 0 Å². The summed E-state index contributed by atoms with van der Waals surface area (Å²) in [5, 5.41) is 9.38. The molecule has 0 saturated carbocycles. The van der Waals surface area contributed by atoms with E-state index in [1.165, 1.54) is 15.9 Å². The summed E-state index contributed by atoms with van der Waals surface area (Å²) in [5.74, 6) is 2.04. The summed E-state index contributed by atoms with van der Waals surface area (Å²) < 4.78 is 15.0. The first kappa shape index (κ1) is 26.2. The van der Waals surface area contributed by atoms with Gasteiger partial charge >= 0.3 is 0 Å². The molecule has 0 saturated heterocycles. The Morgan fingerprint density at radius 2 is 1.61 bits per heavy atom. The summed E-state index contributed by atoms with van der Waals surface area (Å²) in [4.78, 5) is 18.6. The molecule has 41 heavy (non-hydrogen) atoms. The Morgan fingerprint density at radius 1 is 0.902 bits per heavy atom. The van der Waals surface area contributed by atoms with Gasteiger partial charge in [-0.25, -0.2) is 4.68 Å². The van der Waals surface area contributed by atoms with Crippen molar-refractivity contribution in [2.75, 3.05) is 13.2 Å². The summed E-state index contributed by atoms with van der Waals surface area (Å²) in [6.07, 6.45) is 6.43. The Bertz CT molecular complexity index is 1910. The molecule has 0 N–H and O–H groups in total. The fraction of sp³-hybridized carbons (Fsp3) is 0.125. The van der Waals surface area contributed by atoms with Gasteiger partial charge in [0.05, 0.1) is 16.8 Å². The quantitative estimate of drug-likeness (QED) is 0.203. The molecule has 8 nitrogen and oxygen atoms in total. The van der Waals surface area contributed by atoms with Gasteiger partial charge in [-0.05, 0) is 73.2 Å². The molecule has 6 aromatic rings. The molecule has 0 unspecified atom stereocenters. The fourth-order valence-corrected chi connectivity index (χ4v) is 5.21. The zero-order valence-corrected chi connectivity index (χ0v) is 23.3. The number of para-hydroxylation sites is 1. The van der Waals surface area contributed by atoms with Crippen LogP contribution < -0.4 is 19.6 Å². The normalized spacial score (nSPS) is 11.7. The molecule has 0 fully saturated rings. The van der Waals surface area contributed by atoms with Gasteiger partial charge in [-0.3, -0.25) is 4.79 Å². The highest BCUT2D eigenvalue weighted by Gasteiger charge is 2.15. The summed E-state index contributed by atoms with van der Waals surface area (Å²) >= 11 is 1.30. The van der Waals surface area contributed by atoms with Crippen LogP contribution in [0.25, 0.3) is 39.4 Å². The third-order valence-electron chi connectivity index (χ3n) is 6.31. The van der Waals surface area contributed by atoms with E-state index in [1.54, 1.807) is 6.08 Å². The van der Waals surface area contributed by atoms with Crippen LogP contribution in [0.1, 0.15) is 18.9 Å². The predicted octanol–water partition coefficient (Wildman–Crippen LogP) is 5.57. The maximum absolute atomic E-state index is 13.4. The van der Waals surface area contributed by atoms with E-state index in [0.29, 0.717) is 28.5 Å². The summed E-state index contributed by atoms with van der Waals surface area (Å²) in [7, 11) is 0. The van der Waals surface area contributed by atoms with Crippen LogP contribution in [-0.2, 0) is 0 Å². The standard InChI is InChI=1S/C32H27N5O3S/c1-3-18-39-26-14-10-22(11-15-26)29-24(21-36(34-29)25-8-6-5-7-9-25)20-28-31(38)37-32(41-28)33-30(35-37)23-12-16-27(17-13-23)40-19-4-2/h3,5-17,20-21H,1,4,18-19H2,2H3. The number of hydrogen-bond donors (Lipinski definition) is 0. The van der Waals surface area contributed by atoms with Gasteiger partial charge in [0.2, 0.25) is 4.96 Å². The van der Waals surface area contributed by atoms with Crippen LogP contribution in [0.3, 0.4) is 0 Å². The number of fused-ring (bicyclic) bond motifs is 1. The van der Waals surface area contributed by atoms with Gasteiger partial charge in [0.25, 0.3) is 5.56 Å². The maximum atomic E-state index is 13.4. The SMILES string of the molecule is C=CCOc1ccc(-c2nn(-c3ccccc3)cc2C=c2sc3nc(-c4ccc(OCCC)cc4)nn3c2=O)cc1. The summed E-state index contributed by atoms with van der Waals surface area (Å²) in [6, 6.07) is 25.2. The number of nitrogens with zero attached hydrogens (tertiary/aromatic N) is 5. The van der Waals surface area contributed by atoms with Gasteiger partial charge in [-0.1, -0.05) is 49.1 Å². The van der Waals surface area contributed by atoms with Gasteiger partial charge in [-0.2, -0.15) is 14.6 Å². The van der Waals surface area contributed by atoms with Crippen molar-refractivity contribution >= 4 is 22.4 Å². The van der Waals surface area contributed by atoms with Crippen LogP contribution in [0.15, 0.2) is 103 Å². The van der Waals surface area contributed by atoms with Crippen LogP contribution in [0.2, 0.25) is 0 Å². The Kier molecular flexibility index (Phi) is 7.42. The largest absolute Gasteiger partial charge is 0.494 e. The minimum Gasteiger partial charge on any atom is -0.494 e. The van der Waals surface area contributed by atoms with E-state index in [4.69, 9.17) is 14.6 Å². The van der Waals surface area contributed by atoms with Crippen molar-refractivity contribution in [2.45, 2.75) is 13.3 Å². The van der Waals surface area contributed by atoms with Crippen LogP contribution in [0, 0.1) is 0 Å². The average molecular weight is 562 g/mol. The number of aromatic nitrogens is 5. The lowest BCUT2D eigenvalue weighted by molar-refractivity contribution is 0.317. The molecule has 0 atom stereocenters. The lowest BCUT2D eigenvalue weighted by atomic mass is 10.1. The maximum Gasteiger partial charge on any atom is 0.291 e. The first-order chi connectivity index (χ1) is 20.1. The van der Waals surface area contributed by atoms with Gasteiger partial charge in [-0.15, -0.1) is 5.10 Å². The fourth-order valence-electron chi connectivity index (χ4n) is 4.31. The van der Waals surface area contributed by atoms with E-state index in [1.807, 2.05) is 95.8 Å². The minimum absolute atomic E-state index is 0.224. The van der Waals surface area contributed by atoms with Gasteiger partial charge in [0.15, 0.2) is 5.82 Å². The third kappa shape index (κ3) is 5.53. The van der Waals surface area contributed by atoms with Crippen molar-refractivity contribution in [3.8, 4) is 39.8 Å². The van der Waals surface area contributed by atoms with E-state index in [-0.39, 0.29) is 5.56 Å². The highest BCUT2D eigenvalue weighted by Crippen LogP contribution is 2.27. The highest BCUT2D eigenvalue weighted by atomic mass is 32.1. The second-order valence-corrected chi connectivity index (χ2v) is 10.3. The summed E-state index contributed by atoms with van der Waals surface area (Å²) in [5.41, 5.74) is 3.96. The number of benzene rings is 3. The average Bonchev–Trinajstić information content (AvgIpc) is 3.71. The molecule has 0 aliphatic heterocycles. The molecule has 0 aliphatic rings. The predicted molar refractivity (Wildman–Crippen MR) is 162 cm³/mol. The number of rotatable bonds is 10. The summed E-state index contributed by atoms with van der Waals surface area (Å²) in [6.45, 7) is 6.86. The van der Waals surface area contributed by atoms with Crippen molar-refractivity contribution in [1.29, 1.82) is 0 Å². The zero-order chi connectivity index (χ0) is 28.2. The number of hydrogen-bond acceptors (Lipinski definition) is 7. The molecule has 0 aliphatic carbocycles. The molecule has 0 amide bonds.